The second-order valence-electron chi connectivity index (χ2n) is 3.78. The Morgan fingerprint density at radius 2 is 2.16 bits per heavy atom. The molecular weight excluding hydrogens is 291 g/mol. The van der Waals surface area contributed by atoms with E-state index in [1.54, 1.807) is 12.1 Å². The Labute approximate surface area is 119 Å². The van der Waals surface area contributed by atoms with Gasteiger partial charge in [0.1, 0.15) is 6.42 Å². The predicted octanol–water partition coefficient (Wildman–Crippen LogP) is 2.68. The summed E-state index contributed by atoms with van der Waals surface area (Å²) < 4.78 is 9.45. The van der Waals surface area contributed by atoms with E-state index in [9.17, 15) is 4.79 Å². The topological polar surface area (TPSA) is 65.2 Å². The van der Waals surface area contributed by atoms with E-state index in [0.717, 1.165) is 5.56 Å². The minimum atomic E-state index is -0.426. The lowest BCUT2D eigenvalue weighted by atomic mass is 10.1. The van der Waals surface area contributed by atoms with Gasteiger partial charge in [-0.3, -0.25) is 4.79 Å². The van der Waals surface area contributed by atoms with E-state index < -0.39 is 5.97 Å². The molecule has 0 N–H and O–H groups in total. The van der Waals surface area contributed by atoms with Crippen LogP contribution in [0.1, 0.15) is 17.3 Å². The van der Waals surface area contributed by atoms with Gasteiger partial charge >= 0.3 is 5.97 Å². The van der Waals surface area contributed by atoms with Crippen molar-refractivity contribution in [1.29, 1.82) is 0 Å². The molecule has 0 aliphatic carbocycles. The summed E-state index contributed by atoms with van der Waals surface area (Å²) in [6.07, 6.45) is 0.409. The van der Waals surface area contributed by atoms with Crippen molar-refractivity contribution in [3.63, 3.8) is 0 Å². The minimum Gasteiger partial charge on any atom is -0.469 e. The van der Waals surface area contributed by atoms with Crippen LogP contribution in [0, 0.1) is 0 Å². The molecule has 1 heterocycles. The van der Waals surface area contributed by atoms with Crippen LogP contribution in [-0.2, 0) is 22.4 Å². The lowest BCUT2D eigenvalue weighted by Gasteiger charge is -1.99. The van der Waals surface area contributed by atoms with E-state index in [4.69, 9.17) is 27.7 Å². The van der Waals surface area contributed by atoms with Crippen LogP contribution in [0.15, 0.2) is 22.7 Å². The smallest absolute Gasteiger partial charge is 0.315 e. The van der Waals surface area contributed by atoms with Crippen LogP contribution in [-0.4, -0.2) is 23.2 Å². The van der Waals surface area contributed by atoms with Crippen LogP contribution >= 0.6 is 23.2 Å². The van der Waals surface area contributed by atoms with Gasteiger partial charge in [-0.2, -0.15) is 4.98 Å². The standard InChI is InChI=1S/C12H10Cl2N2O3/c1-18-12(17)6-11-15-10(16-19-11)5-7-2-3-8(13)9(14)4-7/h2-4H,5-6H2,1H3. The molecule has 0 atom stereocenters. The van der Waals surface area contributed by atoms with Crippen molar-refractivity contribution >= 4 is 29.2 Å². The second kappa shape index (κ2) is 6.04. The molecule has 0 fully saturated rings. The highest BCUT2D eigenvalue weighted by Crippen LogP contribution is 2.23. The molecule has 0 unspecified atom stereocenters. The summed E-state index contributed by atoms with van der Waals surface area (Å²) in [5.41, 5.74) is 0.903. The number of carbonyl (C=O) groups is 1. The van der Waals surface area contributed by atoms with Gasteiger partial charge in [0, 0.05) is 6.42 Å². The number of methoxy groups -OCH3 is 1. The molecule has 19 heavy (non-hydrogen) atoms. The molecule has 2 rings (SSSR count). The largest absolute Gasteiger partial charge is 0.469 e. The maximum atomic E-state index is 11.0. The first-order valence-electron chi connectivity index (χ1n) is 5.40. The Kier molecular flexibility index (Phi) is 4.39. The quantitative estimate of drug-likeness (QED) is 0.812. The van der Waals surface area contributed by atoms with Crippen LogP contribution in [0.2, 0.25) is 10.0 Å². The number of hydrogen-bond donors (Lipinski definition) is 0. The summed E-state index contributed by atoms with van der Waals surface area (Å²) in [7, 11) is 1.30. The van der Waals surface area contributed by atoms with Crippen LogP contribution < -0.4 is 0 Å². The number of esters is 1. The normalized spacial score (nSPS) is 10.5. The zero-order valence-corrected chi connectivity index (χ0v) is 11.5. The molecular formula is C12H10Cl2N2O3. The summed E-state index contributed by atoms with van der Waals surface area (Å²) in [4.78, 5) is 15.1. The predicted molar refractivity (Wildman–Crippen MR) is 69.3 cm³/mol. The number of halogens is 2. The molecule has 0 radical (unpaired) electrons. The molecule has 2 aromatic rings. The molecule has 0 spiro atoms. The van der Waals surface area contributed by atoms with Crippen molar-refractivity contribution in [1.82, 2.24) is 10.1 Å². The fourth-order valence-electron chi connectivity index (χ4n) is 1.46. The zero-order chi connectivity index (χ0) is 13.8. The van der Waals surface area contributed by atoms with Crippen molar-refractivity contribution in [2.24, 2.45) is 0 Å². The lowest BCUT2D eigenvalue weighted by molar-refractivity contribution is -0.140. The number of carbonyl (C=O) groups excluding carboxylic acids is 1. The number of aromatic nitrogens is 2. The van der Waals surface area contributed by atoms with Crippen LogP contribution in [0.5, 0.6) is 0 Å². The molecule has 1 aromatic heterocycles. The number of rotatable bonds is 4. The van der Waals surface area contributed by atoms with Crippen molar-refractivity contribution in [3.8, 4) is 0 Å². The number of nitrogens with zero attached hydrogens (tertiary/aromatic N) is 2. The van der Waals surface area contributed by atoms with Crippen molar-refractivity contribution in [2.75, 3.05) is 7.11 Å². The molecule has 5 nitrogen and oxygen atoms in total. The Bertz CT molecular complexity index is 598. The van der Waals surface area contributed by atoms with Gasteiger partial charge in [-0.05, 0) is 17.7 Å². The monoisotopic (exact) mass is 300 g/mol. The lowest BCUT2D eigenvalue weighted by Crippen LogP contribution is -2.04. The Hall–Kier alpha value is -1.59. The highest BCUT2D eigenvalue weighted by Gasteiger charge is 2.12. The van der Waals surface area contributed by atoms with Crippen LogP contribution in [0.4, 0.5) is 0 Å². The van der Waals surface area contributed by atoms with Crippen molar-refractivity contribution in [2.45, 2.75) is 12.8 Å². The number of ether oxygens (including phenoxy) is 1. The molecule has 0 amide bonds. The maximum Gasteiger partial charge on any atom is 0.315 e. The third kappa shape index (κ3) is 3.68. The maximum absolute atomic E-state index is 11.0. The second-order valence-corrected chi connectivity index (χ2v) is 4.60. The van der Waals surface area contributed by atoms with Gasteiger partial charge in [0.25, 0.3) is 0 Å². The highest BCUT2D eigenvalue weighted by molar-refractivity contribution is 6.42. The fourth-order valence-corrected chi connectivity index (χ4v) is 1.78. The van der Waals surface area contributed by atoms with Crippen molar-refractivity contribution in [3.05, 3.63) is 45.5 Å². The summed E-state index contributed by atoms with van der Waals surface area (Å²) in [5.74, 6) is 0.268. The number of hydrogen-bond acceptors (Lipinski definition) is 5. The molecule has 0 aliphatic heterocycles. The highest BCUT2D eigenvalue weighted by atomic mass is 35.5. The molecule has 7 heteroatoms. The average molecular weight is 301 g/mol. The molecule has 0 saturated heterocycles. The Morgan fingerprint density at radius 1 is 1.37 bits per heavy atom. The van der Waals surface area contributed by atoms with E-state index in [1.165, 1.54) is 7.11 Å². The Morgan fingerprint density at radius 3 is 2.84 bits per heavy atom. The molecule has 0 saturated carbocycles. The van der Waals surface area contributed by atoms with E-state index >= 15 is 0 Å². The molecule has 100 valence electrons. The zero-order valence-electron chi connectivity index (χ0n) is 10.0. The van der Waals surface area contributed by atoms with Crippen LogP contribution in [0.25, 0.3) is 0 Å². The van der Waals surface area contributed by atoms with Gasteiger partial charge in [-0.25, -0.2) is 0 Å². The summed E-state index contributed by atoms with van der Waals surface area (Å²) in [5, 5.41) is 4.74. The minimum absolute atomic E-state index is 0.0368. The molecule has 0 bridgehead atoms. The summed E-state index contributed by atoms with van der Waals surface area (Å²) in [6.45, 7) is 0. The van der Waals surface area contributed by atoms with Gasteiger partial charge in [0.2, 0.25) is 5.89 Å². The van der Waals surface area contributed by atoms with Gasteiger partial charge in [-0.1, -0.05) is 34.4 Å². The van der Waals surface area contributed by atoms with Gasteiger partial charge < -0.3 is 9.26 Å². The average Bonchev–Trinajstić information content (AvgIpc) is 2.81. The van der Waals surface area contributed by atoms with Gasteiger partial charge in [0.05, 0.1) is 17.2 Å². The first-order valence-corrected chi connectivity index (χ1v) is 6.16. The third-order valence-electron chi connectivity index (χ3n) is 2.38. The summed E-state index contributed by atoms with van der Waals surface area (Å²) in [6, 6.07) is 5.26. The molecule has 1 aromatic carbocycles. The van der Waals surface area contributed by atoms with E-state index in [-0.39, 0.29) is 12.3 Å². The van der Waals surface area contributed by atoms with E-state index in [0.29, 0.717) is 22.3 Å². The SMILES string of the molecule is COC(=O)Cc1nc(Cc2ccc(Cl)c(Cl)c2)no1. The fraction of sp³-hybridized carbons (Fsp3) is 0.250. The Balaban J connectivity index is 2.07. The van der Waals surface area contributed by atoms with Gasteiger partial charge in [-0.15, -0.1) is 0 Å². The van der Waals surface area contributed by atoms with Crippen LogP contribution in [0.3, 0.4) is 0 Å². The summed E-state index contributed by atoms with van der Waals surface area (Å²) >= 11 is 11.7. The molecule has 0 aliphatic rings. The number of benzene rings is 1. The van der Waals surface area contributed by atoms with Gasteiger partial charge in [0.15, 0.2) is 5.82 Å². The van der Waals surface area contributed by atoms with E-state index in [1.807, 2.05) is 6.07 Å². The first-order chi connectivity index (χ1) is 9.08. The van der Waals surface area contributed by atoms with E-state index in [2.05, 4.69) is 14.9 Å². The third-order valence-corrected chi connectivity index (χ3v) is 3.12. The van der Waals surface area contributed by atoms with Crippen molar-refractivity contribution < 1.29 is 14.1 Å². The first kappa shape index (κ1) is 13.8.